The highest BCUT2D eigenvalue weighted by Gasteiger charge is 2.32. The van der Waals surface area contributed by atoms with E-state index in [0.29, 0.717) is 11.1 Å². The maximum absolute atomic E-state index is 13.0. The fourth-order valence-electron chi connectivity index (χ4n) is 2.86. The molecule has 33 heavy (non-hydrogen) atoms. The number of amides is 1. The van der Waals surface area contributed by atoms with E-state index >= 15 is 0 Å². The summed E-state index contributed by atoms with van der Waals surface area (Å²) in [6, 6.07) is 5.91. The molecule has 7 nitrogen and oxygen atoms in total. The van der Waals surface area contributed by atoms with Crippen LogP contribution in [-0.4, -0.2) is 24.1 Å². The highest BCUT2D eigenvalue weighted by atomic mass is 35.5. The lowest BCUT2D eigenvalue weighted by Crippen LogP contribution is -2.14. The Morgan fingerprint density at radius 1 is 1.18 bits per heavy atom. The molecule has 0 atom stereocenters. The van der Waals surface area contributed by atoms with E-state index in [9.17, 15) is 22.5 Å². The minimum atomic E-state index is -4.50. The van der Waals surface area contributed by atoms with E-state index < -0.39 is 25.5 Å². The molecule has 2 aromatic carbocycles. The highest BCUT2D eigenvalue weighted by Crippen LogP contribution is 2.51. The van der Waals surface area contributed by atoms with Crippen molar-refractivity contribution >= 4 is 52.0 Å². The summed E-state index contributed by atoms with van der Waals surface area (Å²) < 4.78 is 67.8. The van der Waals surface area contributed by atoms with Gasteiger partial charge in [-0.2, -0.15) is 13.2 Å². The van der Waals surface area contributed by atoms with E-state index in [1.54, 1.807) is 20.8 Å². The molecule has 0 aliphatic carbocycles. The highest BCUT2D eigenvalue weighted by molar-refractivity contribution is 7.48. The Balaban J connectivity index is 1.94. The van der Waals surface area contributed by atoms with Crippen molar-refractivity contribution in [3.05, 3.63) is 52.0 Å². The van der Waals surface area contributed by atoms with Gasteiger partial charge in [-0.25, -0.2) is 9.55 Å². The number of phosphoric ester groups is 1. The maximum Gasteiger partial charge on any atom is 0.530 e. The molecule has 0 spiro atoms. The van der Waals surface area contributed by atoms with Crippen LogP contribution in [0.15, 0.2) is 30.3 Å². The van der Waals surface area contributed by atoms with E-state index in [0.717, 1.165) is 23.5 Å². The minimum Gasteiger partial charge on any atom is -0.403 e. The Bertz CT molecular complexity index is 1220. The van der Waals surface area contributed by atoms with Crippen LogP contribution in [-0.2, 0) is 19.8 Å². The third-order valence-electron chi connectivity index (χ3n) is 4.20. The molecule has 0 fully saturated rings. The number of aryl methyl sites for hydroxylation is 1. The first-order valence-corrected chi connectivity index (χ1v) is 12.3. The fourth-order valence-corrected chi connectivity index (χ4v) is 5.31. The van der Waals surface area contributed by atoms with E-state index in [1.165, 1.54) is 18.2 Å². The Morgan fingerprint density at radius 3 is 2.45 bits per heavy atom. The summed E-state index contributed by atoms with van der Waals surface area (Å²) in [5.74, 6) is -0.784. The van der Waals surface area contributed by atoms with Gasteiger partial charge in [0.15, 0.2) is 5.13 Å². The summed E-state index contributed by atoms with van der Waals surface area (Å²) >= 11 is 6.97. The zero-order valence-corrected chi connectivity index (χ0v) is 20.1. The molecule has 1 amide bonds. The Hall–Kier alpha value is -2.17. The maximum atomic E-state index is 13.0. The van der Waals surface area contributed by atoms with E-state index in [2.05, 4.69) is 10.3 Å². The van der Waals surface area contributed by atoms with Gasteiger partial charge in [0.05, 0.1) is 34.6 Å². The first-order chi connectivity index (χ1) is 15.5. The van der Waals surface area contributed by atoms with E-state index in [1.807, 2.05) is 0 Å². The predicted octanol–water partition coefficient (Wildman–Crippen LogP) is 7.09. The number of hydrogen-bond acceptors (Lipinski definition) is 7. The first kappa shape index (κ1) is 25.5. The third kappa shape index (κ3) is 6.04. The SMILES string of the molecule is CCOP(=O)(OCC)Oc1c(C)cc(Cl)cc1C(=O)Nc1nc2ccc(C(F)(F)F)cc2s1. The van der Waals surface area contributed by atoms with Crippen molar-refractivity contribution in [3.8, 4) is 5.75 Å². The Morgan fingerprint density at radius 2 is 1.85 bits per heavy atom. The molecule has 1 aromatic heterocycles. The molecule has 0 aliphatic heterocycles. The van der Waals surface area contributed by atoms with Crippen molar-refractivity contribution in [2.75, 3.05) is 18.5 Å². The van der Waals surface area contributed by atoms with Crippen molar-refractivity contribution in [2.24, 2.45) is 0 Å². The summed E-state index contributed by atoms with van der Waals surface area (Å²) in [5.41, 5.74) is -0.208. The number of benzene rings is 2. The van der Waals surface area contributed by atoms with Crippen LogP contribution in [0.25, 0.3) is 10.2 Å². The van der Waals surface area contributed by atoms with Gasteiger partial charge in [-0.15, -0.1) is 0 Å². The first-order valence-electron chi connectivity index (χ1n) is 9.63. The van der Waals surface area contributed by atoms with Crippen LogP contribution >= 0.6 is 30.8 Å². The Labute approximate surface area is 196 Å². The van der Waals surface area contributed by atoms with Crippen LogP contribution in [0.1, 0.15) is 35.3 Å². The van der Waals surface area contributed by atoms with Gasteiger partial charge in [-0.1, -0.05) is 22.9 Å². The van der Waals surface area contributed by atoms with Gasteiger partial charge >= 0.3 is 14.0 Å². The monoisotopic (exact) mass is 522 g/mol. The van der Waals surface area contributed by atoms with Gasteiger partial charge in [-0.3, -0.25) is 19.2 Å². The van der Waals surface area contributed by atoms with Crippen LogP contribution in [0.4, 0.5) is 18.3 Å². The quantitative estimate of drug-likeness (QED) is 0.318. The van der Waals surface area contributed by atoms with Crippen molar-refractivity contribution in [3.63, 3.8) is 0 Å². The summed E-state index contributed by atoms with van der Waals surface area (Å²) in [6.07, 6.45) is -4.50. The molecular weight excluding hydrogens is 504 g/mol. The summed E-state index contributed by atoms with van der Waals surface area (Å²) in [4.78, 5) is 17.2. The second-order valence-electron chi connectivity index (χ2n) is 6.63. The van der Waals surface area contributed by atoms with Crippen LogP contribution in [0.3, 0.4) is 0 Å². The van der Waals surface area contributed by atoms with Crippen molar-refractivity contribution in [1.29, 1.82) is 0 Å². The van der Waals surface area contributed by atoms with Crippen molar-refractivity contribution in [1.82, 2.24) is 4.98 Å². The van der Waals surface area contributed by atoms with Gasteiger partial charge in [0.25, 0.3) is 5.91 Å². The normalized spacial score (nSPS) is 12.2. The van der Waals surface area contributed by atoms with E-state index in [4.69, 9.17) is 25.2 Å². The zero-order chi connectivity index (χ0) is 24.4. The smallest absolute Gasteiger partial charge is 0.403 e. The van der Waals surface area contributed by atoms with Gasteiger partial charge in [0.2, 0.25) is 0 Å². The zero-order valence-electron chi connectivity index (χ0n) is 17.7. The number of aromatic nitrogens is 1. The molecule has 1 heterocycles. The van der Waals surface area contributed by atoms with Gasteiger partial charge < -0.3 is 4.52 Å². The number of carbonyl (C=O) groups excluding carboxylic acids is 1. The van der Waals surface area contributed by atoms with Crippen molar-refractivity contribution in [2.45, 2.75) is 26.9 Å². The molecule has 1 N–H and O–H groups in total. The molecule has 178 valence electrons. The molecule has 0 saturated carbocycles. The number of anilines is 1. The van der Waals surface area contributed by atoms with Crippen LogP contribution in [0.2, 0.25) is 5.02 Å². The molecule has 0 unspecified atom stereocenters. The third-order valence-corrected chi connectivity index (χ3v) is 6.90. The largest absolute Gasteiger partial charge is 0.530 e. The second kappa shape index (κ2) is 9.99. The number of fused-ring (bicyclic) bond motifs is 1. The lowest BCUT2D eigenvalue weighted by atomic mass is 10.1. The molecule has 0 aliphatic rings. The summed E-state index contributed by atoms with van der Waals surface area (Å²) in [6.45, 7) is 4.88. The van der Waals surface area contributed by atoms with E-state index in [-0.39, 0.29) is 39.4 Å². The molecule has 13 heteroatoms. The number of nitrogens with one attached hydrogen (secondary N) is 1. The molecule has 3 rings (SSSR count). The topological polar surface area (TPSA) is 86.8 Å². The molecule has 0 saturated heterocycles. The molecule has 0 bridgehead atoms. The second-order valence-corrected chi connectivity index (χ2v) is 9.69. The van der Waals surface area contributed by atoms with Crippen LogP contribution in [0, 0.1) is 6.92 Å². The lowest BCUT2D eigenvalue weighted by Gasteiger charge is -2.20. The van der Waals surface area contributed by atoms with Crippen molar-refractivity contribution < 1.29 is 36.1 Å². The number of hydrogen-bond donors (Lipinski definition) is 1. The average molecular weight is 523 g/mol. The van der Waals surface area contributed by atoms with Crippen LogP contribution < -0.4 is 9.84 Å². The number of thiazole rings is 1. The summed E-state index contributed by atoms with van der Waals surface area (Å²) in [7, 11) is -4.02. The Kier molecular flexibility index (Phi) is 7.70. The number of halogens is 4. The fraction of sp³-hybridized carbons (Fsp3) is 0.300. The number of rotatable bonds is 8. The molecular formula is C20H19ClF3N2O5PS. The average Bonchev–Trinajstić information content (AvgIpc) is 3.11. The van der Waals surface area contributed by atoms with Gasteiger partial charge in [-0.05, 0) is 56.7 Å². The lowest BCUT2D eigenvalue weighted by molar-refractivity contribution is -0.137. The molecule has 0 radical (unpaired) electrons. The standard InChI is InChI=1S/C20H19ClF3N2O5PS/c1-4-29-32(28,30-5-2)31-17-11(3)8-13(21)10-14(17)18(27)26-19-25-15-7-6-12(20(22,23)24)9-16(15)33-19/h6-10H,4-5H2,1-3H3,(H,25,26,27). The number of alkyl halides is 3. The summed E-state index contributed by atoms with van der Waals surface area (Å²) in [5, 5.41) is 2.81. The molecule has 3 aromatic rings. The number of carbonyl (C=O) groups is 1. The minimum absolute atomic E-state index is 0.0388. The van der Waals surface area contributed by atoms with Gasteiger partial charge in [0, 0.05) is 5.02 Å². The van der Waals surface area contributed by atoms with Crippen LogP contribution in [0.5, 0.6) is 5.75 Å². The van der Waals surface area contributed by atoms with Gasteiger partial charge in [0.1, 0.15) is 5.75 Å². The number of phosphoric acid groups is 1. The number of nitrogens with zero attached hydrogens (tertiary/aromatic N) is 1. The predicted molar refractivity (Wildman–Crippen MR) is 120 cm³/mol.